The van der Waals surface area contributed by atoms with Crippen molar-refractivity contribution in [2.45, 2.75) is 59.3 Å². The van der Waals surface area contributed by atoms with Crippen LogP contribution >= 0.6 is 0 Å². The molecular formula is C41H40N4O. The minimum Gasteiger partial charge on any atom is -0.458 e. The number of nitrogens with zero attached hydrogens (tertiary/aromatic N) is 4. The van der Waals surface area contributed by atoms with Crippen molar-refractivity contribution in [1.29, 1.82) is 0 Å². The van der Waals surface area contributed by atoms with Gasteiger partial charge in [0.1, 0.15) is 17.3 Å². The smallest absolute Gasteiger partial charge is 0.268 e. The first kappa shape index (κ1) is 29.5. The van der Waals surface area contributed by atoms with Gasteiger partial charge in [0, 0.05) is 35.4 Å². The van der Waals surface area contributed by atoms with Gasteiger partial charge in [-0.2, -0.15) is 0 Å². The SMILES string of the molecule is Cc1cc(C(C)(C)C)ccc1-[n+]1[c-]n(-c2cccc(Oc3ccc4c5ccccc5n(-c5cc(C(C)(C)C)ccn5)c4c3)c2)cc1. The molecule has 5 nitrogen and oxygen atoms in total. The van der Waals surface area contributed by atoms with Gasteiger partial charge >= 0.3 is 0 Å². The van der Waals surface area contributed by atoms with Crippen LogP contribution in [0.2, 0.25) is 0 Å². The van der Waals surface area contributed by atoms with Crippen molar-refractivity contribution in [2.75, 3.05) is 0 Å². The van der Waals surface area contributed by atoms with Gasteiger partial charge in [-0.25, -0.2) is 4.98 Å². The molecule has 0 aliphatic carbocycles. The molecule has 0 amide bonds. The van der Waals surface area contributed by atoms with Crippen LogP contribution in [0.4, 0.5) is 0 Å². The second kappa shape index (κ2) is 11.0. The van der Waals surface area contributed by atoms with E-state index in [1.807, 2.05) is 52.0 Å². The standard InChI is InChI=1S/C41H40N4O/c1-28-23-29(40(2,3)4)15-18-36(28)44-22-21-43(27-44)31-11-10-12-32(25-31)46-33-16-17-35-34-13-8-9-14-37(34)45(38(35)26-33)39-24-30(19-20-42-39)41(5,6)7/h8-26H,1-7H3. The second-order valence-electron chi connectivity index (χ2n) is 14.2. The minimum absolute atomic E-state index is 0.0157. The summed E-state index contributed by atoms with van der Waals surface area (Å²) in [6.07, 6.45) is 9.46. The predicted molar refractivity (Wildman–Crippen MR) is 187 cm³/mol. The molecule has 0 aliphatic heterocycles. The Balaban J connectivity index is 1.22. The van der Waals surface area contributed by atoms with Crippen LogP contribution in [0, 0.1) is 13.3 Å². The van der Waals surface area contributed by atoms with Gasteiger partial charge in [-0.1, -0.05) is 77.9 Å². The fourth-order valence-corrected chi connectivity index (χ4v) is 6.09. The number of rotatable bonds is 5. The monoisotopic (exact) mass is 604 g/mol. The predicted octanol–water partition coefficient (Wildman–Crippen LogP) is 9.74. The molecule has 0 N–H and O–H groups in total. The highest BCUT2D eigenvalue weighted by Crippen LogP contribution is 2.36. The van der Waals surface area contributed by atoms with E-state index in [1.54, 1.807) is 0 Å². The van der Waals surface area contributed by atoms with Crippen molar-refractivity contribution >= 4 is 21.8 Å². The normalized spacial score (nSPS) is 12.2. The first-order valence-electron chi connectivity index (χ1n) is 15.9. The third kappa shape index (κ3) is 5.47. The molecule has 3 heterocycles. The maximum Gasteiger partial charge on any atom is 0.268 e. The number of aryl methyl sites for hydroxylation is 1. The average Bonchev–Trinajstić information content (AvgIpc) is 3.64. The van der Waals surface area contributed by atoms with Gasteiger partial charge in [0.05, 0.1) is 22.4 Å². The second-order valence-corrected chi connectivity index (χ2v) is 14.2. The van der Waals surface area contributed by atoms with E-state index in [0.29, 0.717) is 0 Å². The summed E-state index contributed by atoms with van der Waals surface area (Å²) in [5.41, 5.74) is 8.18. The molecule has 0 bridgehead atoms. The van der Waals surface area contributed by atoms with Crippen molar-refractivity contribution in [3.8, 4) is 28.7 Å². The van der Waals surface area contributed by atoms with E-state index < -0.39 is 0 Å². The van der Waals surface area contributed by atoms with Gasteiger partial charge in [0.25, 0.3) is 6.33 Å². The Morgan fingerprint density at radius 2 is 1.43 bits per heavy atom. The zero-order chi connectivity index (χ0) is 32.2. The van der Waals surface area contributed by atoms with Crippen molar-refractivity contribution in [3.63, 3.8) is 0 Å². The lowest BCUT2D eigenvalue weighted by Gasteiger charge is -2.20. The van der Waals surface area contributed by atoms with Crippen LogP contribution in [-0.4, -0.2) is 14.1 Å². The maximum atomic E-state index is 6.50. The van der Waals surface area contributed by atoms with Gasteiger partial charge < -0.3 is 4.74 Å². The molecule has 0 saturated heterocycles. The summed E-state index contributed by atoms with van der Waals surface area (Å²) in [6, 6.07) is 33.9. The summed E-state index contributed by atoms with van der Waals surface area (Å²) in [6.45, 7) is 15.6. The van der Waals surface area contributed by atoms with Crippen LogP contribution in [-0.2, 0) is 10.8 Å². The largest absolute Gasteiger partial charge is 0.458 e. The number of imidazole rings is 1. The zero-order valence-electron chi connectivity index (χ0n) is 27.7. The summed E-state index contributed by atoms with van der Waals surface area (Å²) >= 11 is 0. The van der Waals surface area contributed by atoms with Crippen molar-refractivity contribution in [1.82, 2.24) is 14.1 Å². The van der Waals surface area contributed by atoms with E-state index in [2.05, 4.69) is 132 Å². The highest BCUT2D eigenvalue weighted by molar-refractivity contribution is 6.09. The van der Waals surface area contributed by atoms with Crippen LogP contribution in [0.1, 0.15) is 58.2 Å². The molecule has 5 heteroatoms. The molecule has 0 fully saturated rings. The van der Waals surface area contributed by atoms with Crippen LogP contribution in [0.15, 0.2) is 116 Å². The number of ether oxygens (including phenoxy) is 1. The number of fused-ring (bicyclic) bond motifs is 3. The van der Waals surface area contributed by atoms with Gasteiger partial charge in [-0.3, -0.25) is 13.7 Å². The lowest BCUT2D eigenvalue weighted by atomic mass is 9.86. The van der Waals surface area contributed by atoms with Crippen LogP contribution in [0.5, 0.6) is 11.5 Å². The van der Waals surface area contributed by atoms with Crippen LogP contribution < -0.4 is 9.30 Å². The number of hydrogen-bond donors (Lipinski definition) is 0. The Labute approximate surface area is 271 Å². The van der Waals surface area contributed by atoms with Gasteiger partial charge in [-0.15, -0.1) is 0 Å². The van der Waals surface area contributed by atoms with Crippen molar-refractivity contribution in [2.24, 2.45) is 0 Å². The van der Waals surface area contributed by atoms with E-state index in [1.165, 1.54) is 22.1 Å². The Morgan fingerprint density at radius 3 is 2.22 bits per heavy atom. The quantitative estimate of drug-likeness (QED) is 0.145. The van der Waals surface area contributed by atoms with E-state index in [9.17, 15) is 0 Å². The fourth-order valence-electron chi connectivity index (χ4n) is 6.09. The number of aromatic nitrogens is 4. The molecule has 0 atom stereocenters. The molecule has 4 aromatic carbocycles. The lowest BCUT2D eigenvalue weighted by Crippen LogP contribution is -2.29. The van der Waals surface area contributed by atoms with Gasteiger partial charge in [-0.05, 0) is 89.0 Å². The average molecular weight is 605 g/mol. The third-order valence-electron chi connectivity index (χ3n) is 8.72. The number of para-hydroxylation sites is 1. The van der Waals surface area contributed by atoms with E-state index in [0.717, 1.165) is 45.1 Å². The summed E-state index contributed by atoms with van der Waals surface area (Å²) in [5.74, 6) is 2.42. The molecule has 0 radical (unpaired) electrons. The highest BCUT2D eigenvalue weighted by Gasteiger charge is 2.19. The molecular weight excluding hydrogens is 564 g/mol. The Morgan fingerprint density at radius 1 is 0.696 bits per heavy atom. The first-order valence-corrected chi connectivity index (χ1v) is 15.9. The van der Waals surface area contributed by atoms with Crippen LogP contribution in [0.25, 0.3) is 39.0 Å². The topological polar surface area (TPSA) is 35.9 Å². The van der Waals surface area contributed by atoms with Gasteiger partial charge in [0.15, 0.2) is 0 Å². The van der Waals surface area contributed by atoms with E-state index in [-0.39, 0.29) is 10.8 Å². The van der Waals surface area contributed by atoms with Crippen molar-refractivity contribution in [3.05, 3.63) is 139 Å². The fraction of sp³-hybridized carbons (Fsp3) is 0.220. The summed E-state index contributed by atoms with van der Waals surface area (Å²) in [7, 11) is 0. The molecule has 0 unspecified atom stereocenters. The van der Waals surface area contributed by atoms with E-state index in [4.69, 9.17) is 9.72 Å². The zero-order valence-corrected chi connectivity index (χ0v) is 27.7. The van der Waals surface area contributed by atoms with Crippen molar-refractivity contribution < 1.29 is 9.30 Å². The van der Waals surface area contributed by atoms with E-state index >= 15 is 0 Å². The molecule has 0 aliphatic rings. The summed E-state index contributed by atoms with van der Waals surface area (Å²) < 4.78 is 12.8. The molecule has 0 saturated carbocycles. The molecule has 3 aromatic heterocycles. The highest BCUT2D eigenvalue weighted by atomic mass is 16.5. The molecule has 7 aromatic rings. The molecule has 0 spiro atoms. The maximum absolute atomic E-state index is 6.50. The lowest BCUT2D eigenvalue weighted by molar-refractivity contribution is -0.599. The Kier molecular flexibility index (Phi) is 7.08. The Bertz CT molecular complexity index is 2220. The molecule has 46 heavy (non-hydrogen) atoms. The molecule has 7 rings (SSSR count). The molecule has 230 valence electrons. The van der Waals surface area contributed by atoms with Gasteiger partial charge in [0.2, 0.25) is 0 Å². The number of benzene rings is 4. The summed E-state index contributed by atoms with van der Waals surface area (Å²) in [5, 5.41) is 2.35. The summed E-state index contributed by atoms with van der Waals surface area (Å²) in [4.78, 5) is 4.81. The Hall–Kier alpha value is -5.16. The number of hydrogen-bond acceptors (Lipinski definition) is 2. The minimum atomic E-state index is 0.0157. The number of pyridine rings is 1. The first-order chi connectivity index (χ1) is 22.0. The third-order valence-corrected chi connectivity index (χ3v) is 8.72. The van der Waals surface area contributed by atoms with Crippen LogP contribution in [0.3, 0.4) is 0 Å².